The van der Waals surface area contributed by atoms with Gasteiger partial charge < -0.3 is 25.8 Å². The second-order valence-electron chi connectivity index (χ2n) is 9.27. The molecule has 0 atom stereocenters. The largest absolute Gasteiger partial charge is 0.389 e. The summed E-state index contributed by atoms with van der Waals surface area (Å²) in [4.78, 5) is 10.5. The molecule has 1 aromatic heterocycles. The van der Waals surface area contributed by atoms with E-state index in [2.05, 4.69) is 20.2 Å². The van der Waals surface area contributed by atoms with Gasteiger partial charge in [0, 0.05) is 49.0 Å². The monoisotopic (exact) mass is 497 g/mol. The fraction of sp³-hybridized carbons (Fsp3) is 0.360. The van der Waals surface area contributed by atoms with Gasteiger partial charge >= 0.3 is 0 Å². The maximum Gasteiger partial charge on any atom is 0.219 e. The number of nitrogen functional groups attached to an aromatic ring is 1. The Hall–Kier alpha value is -3.21. The highest BCUT2D eigenvalue weighted by atomic mass is 32.2. The predicted molar refractivity (Wildman–Crippen MR) is 137 cm³/mol. The lowest BCUT2D eigenvalue weighted by molar-refractivity contribution is 0.0945. The Labute approximate surface area is 205 Å². The van der Waals surface area contributed by atoms with E-state index in [0.29, 0.717) is 49.5 Å². The van der Waals surface area contributed by atoms with Crippen molar-refractivity contribution in [1.82, 2.24) is 9.97 Å². The lowest BCUT2D eigenvalue weighted by Gasteiger charge is -2.29. The third-order valence-electron chi connectivity index (χ3n) is 5.67. The molecular weight excluding hydrogens is 466 g/mol. The first-order chi connectivity index (χ1) is 16.6. The van der Waals surface area contributed by atoms with Crippen LogP contribution in [0.15, 0.2) is 59.8 Å². The summed E-state index contributed by atoms with van der Waals surface area (Å²) in [5.41, 5.74) is 8.48. The van der Waals surface area contributed by atoms with E-state index in [-0.39, 0.29) is 16.6 Å². The molecule has 0 bridgehead atoms. The van der Waals surface area contributed by atoms with Crippen molar-refractivity contribution < 1.29 is 18.3 Å². The number of nitrogens with zero attached hydrogens (tertiary/aromatic N) is 3. The molecule has 4 N–H and O–H groups in total. The molecule has 1 aliphatic heterocycles. The van der Waals surface area contributed by atoms with Crippen LogP contribution in [0.25, 0.3) is 11.1 Å². The molecule has 4 rings (SSSR count). The molecule has 0 saturated carbocycles. The Morgan fingerprint density at radius 1 is 1.06 bits per heavy atom. The lowest BCUT2D eigenvalue weighted by Crippen LogP contribution is -2.36. The number of morpholine rings is 1. The number of aromatic nitrogens is 2. The van der Waals surface area contributed by atoms with Gasteiger partial charge in [-0.15, -0.1) is 0 Å². The van der Waals surface area contributed by atoms with Crippen molar-refractivity contribution in [2.24, 2.45) is 0 Å². The number of aliphatic hydroxyl groups is 1. The van der Waals surface area contributed by atoms with E-state index in [0.717, 1.165) is 11.4 Å². The van der Waals surface area contributed by atoms with Gasteiger partial charge in [-0.1, -0.05) is 12.1 Å². The average molecular weight is 498 g/mol. The molecule has 0 aliphatic carbocycles. The summed E-state index contributed by atoms with van der Waals surface area (Å²) in [6.07, 6.45) is 3.19. The van der Waals surface area contributed by atoms with Gasteiger partial charge in [-0.2, -0.15) is 0 Å². The predicted octanol–water partition coefficient (Wildman–Crippen LogP) is 2.72. The number of benzene rings is 2. The molecule has 1 aliphatic rings. The summed E-state index contributed by atoms with van der Waals surface area (Å²) in [7, 11) is -3.65. The minimum Gasteiger partial charge on any atom is -0.389 e. The van der Waals surface area contributed by atoms with Gasteiger partial charge in [0.15, 0.2) is 9.84 Å². The standard InChI is InChI=1S/C25H31N5O4S/c1-25(2,31)17-29-21-5-3-18(4-6-21)16-35(32,33)23-12-19(20-14-27-24(26)28-15-20)11-22(13-23)30-7-9-34-10-8-30/h3-6,11-15,29,31H,7-10,16-17H2,1-2H3,(H2,26,27,28). The third-order valence-corrected chi connectivity index (χ3v) is 7.33. The highest BCUT2D eigenvalue weighted by Gasteiger charge is 2.21. The summed E-state index contributed by atoms with van der Waals surface area (Å²) >= 11 is 0. The SMILES string of the molecule is CC(C)(O)CNc1ccc(CS(=O)(=O)c2cc(-c3cnc(N)nc3)cc(N3CCOCC3)c2)cc1. The molecule has 0 spiro atoms. The van der Waals surface area contributed by atoms with Crippen molar-refractivity contribution in [2.45, 2.75) is 30.1 Å². The van der Waals surface area contributed by atoms with Crippen LogP contribution in [-0.2, 0) is 20.3 Å². The van der Waals surface area contributed by atoms with E-state index >= 15 is 0 Å². The first-order valence-electron chi connectivity index (χ1n) is 11.4. The highest BCUT2D eigenvalue weighted by Crippen LogP contribution is 2.31. The summed E-state index contributed by atoms with van der Waals surface area (Å²) in [6.45, 7) is 6.36. The van der Waals surface area contributed by atoms with E-state index in [1.54, 1.807) is 50.5 Å². The number of hydrogen-bond acceptors (Lipinski definition) is 9. The first-order valence-corrected chi connectivity index (χ1v) is 13.1. The summed E-state index contributed by atoms with van der Waals surface area (Å²) < 4.78 is 32.4. The molecule has 3 aromatic rings. The number of ether oxygens (including phenoxy) is 1. The van der Waals surface area contributed by atoms with E-state index in [1.807, 2.05) is 18.2 Å². The number of sulfone groups is 1. The molecule has 0 amide bonds. The molecule has 0 unspecified atom stereocenters. The molecule has 2 aromatic carbocycles. The summed E-state index contributed by atoms with van der Waals surface area (Å²) in [5, 5.41) is 13.0. The fourth-order valence-electron chi connectivity index (χ4n) is 3.76. The second kappa shape index (κ2) is 10.2. The third kappa shape index (κ3) is 6.68. The van der Waals surface area contributed by atoms with Crippen LogP contribution in [-0.4, -0.2) is 61.9 Å². The van der Waals surface area contributed by atoms with E-state index < -0.39 is 15.4 Å². The van der Waals surface area contributed by atoms with Crippen molar-refractivity contribution in [3.05, 3.63) is 60.4 Å². The topological polar surface area (TPSA) is 131 Å². The van der Waals surface area contributed by atoms with Crippen LogP contribution in [0.4, 0.5) is 17.3 Å². The van der Waals surface area contributed by atoms with Crippen LogP contribution >= 0.6 is 0 Å². The van der Waals surface area contributed by atoms with Crippen LogP contribution < -0.4 is 16.0 Å². The highest BCUT2D eigenvalue weighted by molar-refractivity contribution is 7.90. The number of rotatable bonds is 8. The molecule has 9 nitrogen and oxygen atoms in total. The lowest BCUT2D eigenvalue weighted by atomic mass is 10.1. The average Bonchev–Trinajstić information content (AvgIpc) is 2.84. The van der Waals surface area contributed by atoms with Crippen molar-refractivity contribution >= 4 is 27.2 Å². The zero-order chi connectivity index (χ0) is 25.1. The number of nitrogens with one attached hydrogen (secondary N) is 1. The van der Waals surface area contributed by atoms with Gasteiger partial charge in [-0.25, -0.2) is 18.4 Å². The van der Waals surface area contributed by atoms with Gasteiger partial charge in [0.05, 0.1) is 29.5 Å². The number of nitrogens with two attached hydrogens (primary N) is 1. The Kier molecular flexibility index (Phi) is 7.25. The molecule has 1 fully saturated rings. The minimum atomic E-state index is -3.65. The molecule has 35 heavy (non-hydrogen) atoms. The summed E-state index contributed by atoms with van der Waals surface area (Å²) in [6, 6.07) is 12.5. The minimum absolute atomic E-state index is 0.136. The van der Waals surface area contributed by atoms with Crippen molar-refractivity contribution in [3.8, 4) is 11.1 Å². The number of anilines is 3. The van der Waals surface area contributed by atoms with Crippen LogP contribution in [0.3, 0.4) is 0 Å². The molecule has 1 saturated heterocycles. The zero-order valence-corrected chi connectivity index (χ0v) is 20.8. The Balaban J connectivity index is 1.62. The maximum absolute atomic E-state index is 13.5. The maximum atomic E-state index is 13.5. The van der Waals surface area contributed by atoms with Crippen molar-refractivity contribution in [1.29, 1.82) is 0 Å². The fourth-order valence-corrected chi connectivity index (χ4v) is 5.17. The van der Waals surface area contributed by atoms with Crippen LogP contribution in [0.2, 0.25) is 0 Å². The normalized spacial score (nSPS) is 14.7. The van der Waals surface area contributed by atoms with Gasteiger partial charge in [0.1, 0.15) is 0 Å². The summed E-state index contributed by atoms with van der Waals surface area (Å²) in [5.74, 6) is 0.0228. The molecule has 0 radical (unpaired) electrons. The van der Waals surface area contributed by atoms with Crippen molar-refractivity contribution in [3.63, 3.8) is 0 Å². The van der Waals surface area contributed by atoms with Crippen LogP contribution in [0.5, 0.6) is 0 Å². The first kappa shape index (κ1) is 24.9. The zero-order valence-electron chi connectivity index (χ0n) is 19.9. The smallest absolute Gasteiger partial charge is 0.219 e. The Bertz CT molecular complexity index is 1250. The van der Waals surface area contributed by atoms with Crippen molar-refractivity contribution in [2.75, 3.05) is 48.8 Å². The van der Waals surface area contributed by atoms with E-state index in [1.165, 1.54) is 0 Å². The molecule has 186 valence electrons. The van der Waals surface area contributed by atoms with E-state index in [4.69, 9.17) is 10.5 Å². The molecule has 2 heterocycles. The van der Waals surface area contributed by atoms with Crippen LogP contribution in [0, 0.1) is 0 Å². The molecular formula is C25H31N5O4S. The van der Waals surface area contributed by atoms with Crippen LogP contribution in [0.1, 0.15) is 19.4 Å². The van der Waals surface area contributed by atoms with Gasteiger partial charge in [0.2, 0.25) is 5.95 Å². The van der Waals surface area contributed by atoms with Gasteiger partial charge in [-0.3, -0.25) is 0 Å². The van der Waals surface area contributed by atoms with Gasteiger partial charge in [0.25, 0.3) is 0 Å². The number of hydrogen-bond donors (Lipinski definition) is 3. The molecule has 10 heteroatoms. The Morgan fingerprint density at radius 3 is 2.34 bits per heavy atom. The second-order valence-corrected chi connectivity index (χ2v) is 11.3. The quantitative estimate of drug-likeness (QED) is 0.430. The van der Waals surface area contributed by atoms with Gasteiger partial charge in [-0.05, 0) is 55.3 Å². The Morgan fingerprint density at radius 2 is 1.71 bits per heavy atom. The van der Waals surface area contributed by atoms with E-state index in [9.17, 15) is 13.5 Å².